The van der Waals surface area contributed by atoms with E-state index in [-0.39, 0.29) is 22.6 Å². The molecular weight excluding hydrogens is 570 g/mol. The maximum Gasteiger partial charge on any atom is 0.148 e. The number of aryl methyl sites for hydroxylation is 1. The van der Waals surface area contributed by atoms with E-state index < -0.39 is 0 Å². The van der Waals surface area contributed by atoms with Gasteiger partial charge in [0.2, 0.25) is 0 Å². The molecule has 0 atom stereocenters. The van der Waals surface area contributed by atoms with Crippen LogP contribution in [0.1, 0.15) is 27.9 Å². The van der Waals surface area contributed by atoms with Crippen LogP contribution in [-0.4, -0.2) is 9.78 Å². The fourth-order valence-electron chi connectivity index (χ4n) is 3.46. The van der Waals surface area contributed by atoms with Gasteiger partial charge in [0, 0.05) is 0 Å². The quantitative estimate of drug-likeness (QED) is 0.250. The van der Waals surface area contributed by atoms with Crippen molar-refractivity contribution < 1.29 is 4.74 Å². The van der Waals surface area contributed by atoms with Gasteiger partial charge < -0.3 is 10.5 Å². The fraction of sp³-hybridized carbons (Fsp3) is 0.0741. The molecule has 0 aliphatic carbocycles. The Morgan fingerprint density at radius 3 is 2.31 bits per heavy atom. The highest BCUT2D eigenvalue weighted by atomic mass is 79.9. The summed E-state index contributed by atoms with van der Waals surface area (Å²) in [7, 11) is 0. The normalized spacial score (nSPS) is 11.1. The molecule has 0 bridgehead atoms. The van der Waals surface area contributed by atoms with Gasteiger partial charge in [-0.3, -0.25) is 0 Å². The van der Waals surface area contributed by atoms with E-state index in [1.165, 1.54) is 10.2 Å². The van der Waals surface area contributed by atoms with Crippen LogP contribution in [0.5, 0.6) is 5.75 Å². The van der Waals surface area contributed by atoms with Gasteiger partial charge >= 0.3 is 0 Å². The number of nitriles is 2. The molecule has 8 heteroatoms. The minimum atomic E-state index is 0.151. The summed E-state index contributed by atoms with van der Waals surface area (Å²) in [6, 6.07) is 25.3. The highest BCUT2D eigenvalue weighted by Gasteiger charge is 2.20. The van der Waals surface area contributed by atoms with Gasteiger partial charge in [0.1, 0.15) is 41.6 Å². The first kappa shape index (κ1) is 24.3. The number of hydrogen-bond acceptors (Lipinski definition) is 5. The number of ether oxygens (including phenoxy) is 1. The first-order valence-electron chi connectivity index (χ1n) is 10.5. The van der Waals surface area contributed by atoms with Crippen molar-refractivity contribution in [3.05, 3.63) is 104 Å². The Hall–Kier alpha value is -3.85. The lowest BCUT2D eigenvalue weighted by Gasteiger charge is -2.12. The highest BCUT2D eigenvalue weighted by Crippen LogP contribution is 2.37. The first-order chi connectivity index (χ1) is 16.9. The lowest BCUT2D eigenvalue weighted by Crippen LogP contribution is -2.02. The first-order valence-corrected chi connectivity index (χ1v) is 12.1. The number of benzene rings is 3. The van der Waals surface area contributed by atoms with E-state index in [1.54, 1.807) is 6.08 Å². The summed E-state index contributed by atoms with van der Waals surface area (Å²) in [4.78, 5) is 0. The van der Waals surface area contributed by atoms with Crippen LogP contribution < -0.4 is 10.5 Å². The largest absolute Gasteiger partial charge is 0.487 e. The average Bonchev–Trinajstić information content (AvgIpc) is 3.19. The Bertz CT molecular complexity index is 1470. The zero-order chi connectivity index (χ0) is 24.9. The summed E-state index contributed by atoms with van der Waals surface area (Å²) >= 11 is 7.13. The Kier molecular flexibility index (Phi) is 7.36. The molecule has 0 aliphatic rings. The van der Waals surface area contributed by atoms with Gasteiger partial charge in [0.25, 0.3) is 0 Å². The molecule has 4 aromatic rings. The van der Waals surface area contributed by atoms with Gasteiger partial charge in [0.15, 0.2) is 0 Å². The molecule has 1 aromatic heterocycles. The number of nitrogens with zero attached hydrogens (tertiary/aromatic N) is 4. The van der Waals surface area contributed by atoms with Crippen LogP contribution >= 0.6 is 31.9 Å². The van der Waals surface area contributed by atoms with Crippen LogP contribution in [0, 0.1) is 29.6 Å². The maximum absolute atomic E-state index is 9.89. The molecule has 35 heavy (non-hydrogen) atoms. The third-order valence-corrected chi connectivity index (χ3v) is 6.42. The predicted octanol–water partition coefficient (Wildman–Crippen LogP) is 6.80. The fourth-order valence-corrected chi connectivity index (χ4v) is 4.91. The molecule has 0 amide bonds. The Labute approximate surface area is 220 Å². The number of para-hydroxylation sites is 1. The van der Waals surface area contributed by atoms with Crippen LogP contribution in [0.15, 0.2) is 75.7 Å². The Morgan fingerprint density at radius 2 is 1.71 bits per heavy atom. The number of allylic oxidation sites excluding steroid dienone is 1. The van der Waals surface area contributed by atoms with E-state index in [0.717, 1.165) is 20.1 Å². The van der Waals surface area contributed by atoms with Crippen molar-refractivity contribution in [1.82, 2.24) is 9.78 Å². The van der Waals surface area contributed by atoms with Gasteiger partial charge in [0.05, 0.1) is 20.2 Å². The van der Waals surface area contributed by atoms with E-state index in [1.807, 2.05) is 73.7 Å². The van der Waals surface area contributed by atoms with Gasteiger partial charge in [-0.15, -0.1) is 0 Å². The topological polar surface area (TPSA) is 101 Å². The van der Waals surface area contributed by atoms with Gasteiger partial charge in [-0.1, -0.05) is 48.0 Å². The number of halogens is 2. The molecule has 0 aliphatic heterocycles. The van der Waals surface area contributed by atoms with Crippen molar-refractivity contribution in [3.63, 3.8) is 0 Å². The molecule has 4 rings (SSSR count). The van der Waals surface area contributed by atoms with E-state index in [0.29, 0.717) is 18.0 Å². The van der Waals surface area contributed by atoms with Crippen molar-refractivity contribution in [2.45, 2.75) is 13.5 Å². The molecular formula is C27H19Br2N5O. The lowest BCUT2D eigenvalue weighted by atomic mass is 10.1. The summed E-state index contributed by atoms with van der Waals surface area (Å²) < 4.78 is 8.92. The number of hydrogen-bond donors (Lipinski definition) is 1. The van der Waals surface area contributed by atoms with Crippen LogP contribution in [0.3, 0.4) is 0 Å². The SMILES string of the molecule is Cc1ccc(COc2c(Br)cc(/C=C(/C#N)c3nn(-c4ccccc4)c(N)c3C#N)cc2Br)cc1. The Morgan fingerprint density at radius 1 is 1.06 bits per heavy atom. The summed E-state index contributed by atoms with van der Waals surface area (Å²) in [6.45, 7) is 2.46. The smallest absolute Gasteiger partial charge is 0.148 e. The molecule has 0 saturated carbocycles. The van der Waals surface area contributed by atoms with Crippen LogP contribution in [0.25, 0.3) is 17.3 Å². The van der Waals surface area contributed by atoms with Crippen molar-refractivity contribution in [2.75, 3.05) is 5.73 Å². The van der Waals surface area contributed by atoms with Crippen molar-refractivity contribution in [1.29, 1.82) is 10.5 Å². The molecule has 0 unspecified atom stereocenters. The molecule has 1 heterocycles. The molecule has 0 saturated heterocycles. The Balaban J connectivity index is 1.66. The minimum absolute atomic E-state index is 0.151. The standard InChI is InChI=1S/C27H19Br2N5O/c1-17-7-9-18(10-8-17)16-35-26-23(28)12-19(13-24(26)29)11-20(14-30)25-22(15-31)27(32)34(33-25)21-5-3-2-4-6-21/h2-13H,16,32H2,1H3/b20-11-. The molecule has 172 valence electrons. The molecule has 6 nitrogen and oxygen atoms in total. The number of aromatic nitrogens is 2. The lowest BCUT2D eigenvalue weighted by molar-refractivity contribution is 0.302. The minimum Gasteiger partial charge on any atom is -0.487 e. The van der Waals surface area contributed by atoms with Gasteiger partial charge in [-0.05, 0) is 80.3 Å². The molecule has 3 aromatic carbocycles. The second-order valence-electron chi connectivity index (χ2n) is 7.73. The van der Waals surface area contributed by atoms with E-state index in [2.05, 4.69) is 49.1 Å². The van der Waals surface area contributed by atoms with E-state index in [9.17, 15) is 10.5 Å². The van der Waals surface area contributed by atoms with E-state index in [4.69, 9.17) is 10.5 Å². The molecule has 0 radical (unpaired) electrons. The van der Waals surface area contributed by atoms with Crippen LogP contribution in [0.4, 0.5) is 5.82 Å². The second-order valence-corrected chi connectivity index (χ2v) is 9.43. The van der Waals surface area contributed by atoms with Crippen LogP contribution in [-0.2, 0) is 6.61 Å². The zero-order valence-corrected chi connectivity index (χ0v) is 21.8. The average molecular weight is 589 g/mol. The number of rotatable bonds is 6. The zero-order valence-electron chi connectivity index (χ0n) is 18.7. The molecule has 0 fully saturated rings. The third kappa shape index (κ3) is 5.30. The van der Waals surface area contributed by atoms with E-state index >= 15 is 0 Å². The molecule has 2 N–H and O–H groups in total. The number of nitrogen functional groups attached to an aromatic ring is 1. The number of anilines is 1. The number of nitrogens with two attached hydrogens (primary N) is 1. The second kappa shape index (κ2) is 10.6. The van der Waals surface area contributed by atoms with Gasteiger partial charge in [-0.25, -0.2) is 4.68 Å². The van der Waals surface area contributed by atoms with Gasteiger partial charge in [-0.2, -0.15) is 15.6 Å². The maximum atomic E-state index is 9.89. The summed E-state index contributed by atoms with van der Waals surface area (Å²) in [6.07, 6.45) is 1.66. The predicted molar refractivity (Wildman–Crippen MR) is 144 cm³/mol. The van der Waals surface area contributed by atoms with Crippen LogP contribution in [0.2, 0.25) is 0 Å². The monoisotopic (exact) mass is 587 g/mol. The summed E-state index contributed by atoms with van der Waals surface area (Å²) in [5.74, 6) is 0.827. The third-order valence-electron chi connectivity index (χ3n) is 5.24. The summed E-state index contributed by atoms with van der Waals surface area (Å²) in [5.41, 5.74) is 10.5. The molecule has 0 spiro atoms. The summed E-state index contributed by atoms with van der Waals surface area (Å²) in [5, 5.41) is 24.1. The van der Waals surface area contributed by atoms with Crippen molar-refractivity contribution >= 4 is 49.3 Å². The van der Waals surface area contributed by atoms with Crippen molar-refractivity contribution in [3.8, 4) is 23.6 Å². The highest BCUT2D eigenvalue weighted by molar-refractivity contribution is 9.11. The van der Waals surface area contributed by atoms with Crippen molar-refractivity contribution in [2.24, 2.45) is 0 Å².